The molecular weight excluding hydrogens is 361 g/mol. The Bertz CT molecular complexity index is 606. The second-order valence-corrected chi connectivity index (χ2v) is 6.48. The largest absolute Gasteiger partial charge is 0.480 e. The Morgan fingerprint density at radius 3 is 2.30 bits per heavy atom. The molecule has 152 valence electrons. The molecule has 0 saturated carbocycles. The Hall–Kier alpha value is -2.25. The molecule has 1 aromatic carbocycles. The Morgan fingerprint density at radius 1 is 1.07 bits per heavy atom. The van der Waals surface area contributed by atoms with Gasteiger partial charge in [-0.15, -0.1) is 0 Å². The minimum atomic E-state index is -4.52. The van der Waals surface area contributed by atoms with E-state index in [9.17, 15) is 27.9 Å². The molecule has 2 amide bonds. The van der Waals surface area contributed by atoms with Crippen molar-refractivity contribution in [1.82, 2.24) is 5.32 Å². The topological polar surface area (TPSA) is 78.4 Å². The first-order chi connectivity index (χ1) is 12.7. The van der Waals surface area contributed by atoms with E-state index < -0.39 is 29.8 Å². The van der Waals surface area contributed by atoms with Crippen molar-refractivity contribution in [2.24, 2.45) is 0 Å². The molecule has 1 atom stereocenters. The summed E-state index contributed by atoms with van der Waals surface area (Å²) in [6.07, 6.45) is 2.93. The van der Waals surface area contributed by atoms with Crippen LogP contribution in [0.5, 0.6) is 0 Å². The van der Waals surface area contributed by atoms with E-state index in [1.165, 1.54) is 18.6 Å². The number of urea groups is 1. The van der Waals surface area contributed by atoms with Gasteiger partial charge in [-0.3, -0.25) is 0 Å². The van der Waals surface area contributed by atoms with Gasteiger partial charge in [0.05, 0.1) is 5.56 Å². The van der Waals surface area contributed by atoms with Crippen molar-refractivity contribution in [2.45, 2.75) is 70.5 Å². The molecule has 8 heteroatoms. The van der Waals surface area contributed by atoms with Gasteiger partial charge >= 0.3 is 18.2 Å². The highest BCUT2D eigenvalue weighted by Gasteiger charge is 2.30. The van der Waals surface area contributed by atoms with Gasteiger partial charge in [0, 0.05) is 5.69 Å². The number of carboxylic acids is 1. The first-order valence-electron chi connectivity index (χ1n) is 9.21. The van der Waals surface area contributed by atoms with E-state index in [0.717, 1.165) is 44.2 Å². The van der Waals surface area contributed by atoms with E-state index in [4.69, 9.17) is 0 Å². The molecule has 0 aliphatic carbocycles. The number of alkyl halides is 3. The monoisotopic (exact) mass is 388 g/mol. The second kappa shape index (κ2) is 11.5. The number of amides is 2. The molecule has 1 aromatic rings. The SMILES string of the molecule is CCCCCCCCCC(NC(=O)Nc1cccc(C(F)(F)F)c1)C(=O)O. The van der Waals surface area contributed by atoms with Crippen LogP contribution in [0.15, 0.2) is 24.3 Å². The van der Waals surface area contributed by atoms with Gasteiger partial charge in [0.2, 0.25) is 0 Å². The summed E-state index contributed by atoms with van der Waals surface area (Å²) >= 11 is 0. The minimum Gasteiger partial charge on any atom is -0.480 e. The lowest BCUT2D eigenvalue weighted by atomic mass is 10.1. The number of benzene rings is 1. The van der Waals surface area contributed by atoms with Crippen LogP contribution in [0.25, 0.3) is 0 Å². The fourth-order valence-electron chi connectivity index (χ4n) is 2.66. The van der Waals surface area contributed by atoms with E-state index in [0.29, 0.717) is 6.42 Å². The maximum Gasteiger partial charge on any atom is 0.416 e. The predicted molar refractivity (Wildman–Crippen MR) is 97.6 cm³/mol. The molecule has 0 aliphatic heterocycles. The third-order valence-electron chi connectivity index (χ3n) is 4.15. The number of carbonyl (C=O) groups excluding carboxylic acids is 1. The molecule has 1 rings (SSSR count). The summed E-state index contributed by atoms with van der Waals surface area (Å²) in [4.78, 5) is 23.2. The average molecular weight is 388 g/mol. The molecule has 0 bridgehead atoms. The number of rotatable bonds is 11. The lowest BCUT2D eigenvalue weighted by Crippen LogP contribution is -2.43. The van der Waals surface area contributed by atoms with Crippen LogP contribution in [0.1, 0.15) is 63.9 Å². The van der Waals surface area contributed by atoms with Gasteiger partial charge in [0.1, 0.15) is 6.04 Å². The summed E-state index contributed by atoms with van der Waals surface area (Å²) in [5, 5.41) is 13.8. The zero-order valence-corrected chi connectivity index (χ0v) is 15.4. The Balaban J connectivity index is 2.46. The fraction of sp³-hybridized carbons (Fsp3) is 0.579. The smallest absolute Gasteiger partial charge is 0.416 e. The summed E-state index contributed by atoms with van der Waals surface area (Å²) in [5.41, 5.74) is -0.944. The van der Waals surface area contributed by atoms with Crippen LogP contribution < -0.4 is 10.6 Å². The summed E-state index contributed by atoms with van der Waals surface area (Å²) < 4.78 is 38.1. The van der Waals surface area contributed by atoms with Crippen molar-refractivity contribution >= 4 is 17.7 Å². The molecule has 0 spiro atoms. The molecular formula is C19H27F3N2O3. The highest BCUT2D eigenvalue weighted by molar-refractivity contribution is 5.92. The Morgan fingerprint density at radius 2 is 1.70 bits per heavy atom. The van der Waals surface area contributed by atoms with E-state index >= 15 is 0 Å². The van der Waals surface area contributed by atoms with Crippen LogP contribution >= 0.6 is 0 Å². The maximum atomic E-state index is 12.7. The average Bonchev–Trinajstić information content (AvgIpc) is 2.59. The first-order valence-corrected chi connectivity index (χ1v) is 9.21. The molecule has 0 radical (unpaired) electrons. The third kappa shape index (κ3) is 9.30. The lowest BCUT2D eigenvalue weighted by molar-refractivity contribution is -0.139. The van der Waals surface area contributed by atoms with Crippen molar-refractivity contribution in [3.8, 4) is 0 Å². The number of carbonyl (C=O) groups is 2. The number of unbranched alkanes of at least 4 members (excludes halogenated alkanes) is 6. The number of anilines is 1. The van der Waals surface area contributed by atoms with Crippen molar-refractivity contribution in [1.29, 1.82) is 0 Å². The summed E-state index contributed by atoms with van der Waals surface area (Å²) in [7, 11) is 0. The van der Waals surface area contributed by atoms with Crippen molar-refractivity contribution in [3.05, 3.63) is 29.8 Å². The van der Waals surface area contributed by atoms with E-state index in [1.807, 2.05) is 0 Å². The van der Waals surface area contributed by atoms with Crippen LogP contribution in [0.3, 0.4) is 0 Å². The van der Waals surface area contributed by atoms with Crippen LogP contribution in [0.4, 0.5) is 23.7 Å². The fourth-order valence-corrected chi connectivity index (χ4v) is 2.66. The van der Waals surface area contributed by atoms with E-state index in [2.05, 4.69) is 17.6 Å². The number of hydrogen-bond donors (Lipinski definition) is 3. The molecule has 3 N–H and O–H groups in total. The van der Waals surface area contributed by atoms with Gasteiger partial charge in [-0.25, -0.2) is 9.59 Å². The van der Waals surface area contributed by atoms with Gasteiger partial charge in [-0.05, 0) is 24.6 Å². The lowest BCUT2D eigenvalue weighted by Gasteiger charge is -2.16. The van der Waals surface area contributed by atoms with Gasteiger partial charge in [-0.1, -0.05) is 57.9 Å². The third-order valence-corrected chi connectivity index (χ3v) is 4.15. The first kappa shape index (κ1) is 22.8. The van der Waals surface area contributed by atoms with Crippen LogP contribution in [-0.4, -0.2) is 23.1 Å². The van der Waals surface area contributed by atoms with Crippen molar-refractivity contribution in [2.75, 3.05) is 5.32 Å². The molecule has 0 aliphatic rings. The van der Waals surface area contributed by atoms with E-state index in [1.54, 1.807) is 0 Å². The minimum absolute atomic E-state index is 0.0533. The quantitative estimate of drug-likeness (QED) is 0.443. The Labute approximate surface area is 157 Å². The van der Waals surface area contributed by atoms with Gasteiger partial charge < -0.3 is 15.7 Å². The molecule has 0 saturated heterocycles. The number of carboxylic acid groups (broad SMARTS) is 1. The summed E-state index contributed by atoms with van der Waals surface area (Å²) in [6, 6.07) is 2.25. The van der Waals surface area contributed by atoms with Crippen LogP contribution in [0, 0.1) is 0 Å². The number of halogens is 3. The van der Waals surface area contributed by atoms with Gasteiger partial charge in [-0.2, -0.15) is 13.2 Å². The highest BCUT2D eigenvalue weighted by atomic mass is 19.4. The number of hydrogen-bond acceptors (Lipinski definition) is 2. The Kier molecular flexibility index (Phi) is 9.67. The summed E-state index contributed by atoms with van der Waals surface area (Å²) in [5.74, 6) is -1.17. The highest BCUT2D eigenvalue weighted by Crippen LogP contribution is 2.30. The van der Waals surface area contributed by atoms with E-state index in [-0.39, 0.29) is 12.1 Å². The molecule has 1 unspecified atom stereocenters. The van der Waals surface area contributed by atoms with Gasteiger partial charge in [0.15, 0.2) is 0 Å². The normalized spacial score (nSPS) is 12.4. The summed E-state index contributed by atoms with van der Waals surface area (Å²) in [6.45, 7) is 2.13. The zero-order chi connectivity index (χ0) is 20.3. The number of aliphatic carboxylic acids is 1. The molecule has 0 heterocycles. The van der Waals surface area contributed by atoms with Crippen LogP contribution in [0.2, 0.25) is 0 Å². The molecule has 0 fully saturated rings. The van der Waals surface area contributed by atoms with Gasteiger partial charge in [0.25, 0.3) is 0 Å². The predicted octanol–water partition coefficient (Wildman–Crippen LogP) is 5.42. The maximum absolute atomic E-state index is 12.7. The number of nitrogens with one attached hydrogen (secondary N) is 2. The molecule has 27 heavy (non-hydrogen) atoms. The van der Waals surface area contributed by atoms with Crippen LogP contribution in [-0.2, 0) is 11.0 Å². The standard InChI is InChI=1S/C19H27F3N2O3/c1-2-3-4-5-6-7-8-12-16(17(25)26)24-18(27)23-15-11-9-10-14(13-15)19(20,21)22/h9-11,13,16H,2-8,12H2,1H3,(H,25,26)(H2,23,24,27). The molecule has 5 nitrogen and oxygen atoms in total. The van der Waals surface area contributed by atoms with Crippen molar-refractivity contribution < 1.29 is 27.9 Å². The second-order valence-electron chi connectivity index (χ2n) is 6.48. The van der Waals surface area contributed by atoms with Crippen molar-refractivity contribution in [3.63, 3.8) is 0 Å². The molecule has 0 aromatic heterocycles. The zero-order valence-electron chi connectivity index (χ0n) is 15.4.